The average molecular weight is 474 g/mol. The predicted octanol–water partition coefficient (Wildman–Crippen LogP) is 1.59. The van der Waals surface area contributed by atoms with E-state index >= 15 is 0 Å². The lowest BCUT2D eigenvalue weighted by atomic mass is 9.74. The number of ether oxygens (including phenoxy) is 1. The maximum atomic E-state index is 14.2. The number of likely N-dealkylation sites (N-methyl/N-ethyl adjacent to an activating group) is 1. The first-order valence-corrected chi connectivity index (χ1v) is 12.6. The molecule has 0 radical (unpaired) electrons. The van der Waals surface area contributed by atoms with Crippen LogP contribution in [0.1, 0.15) is 47.0 Å². The molecular formula is C26H39N3O5. The number of aliphatic hydroxyl groups excluding tert-OH is 1. The molecule has 2 saturated heterocycles. The molecule has 2 fully saturated rings. The van der Waals surface area contributed by atoms with E-state index in [1.54, 1.807) is 21.7 Å². The number of hydrogen-bond acceptors (Lipinski definition) is 5. The van der Waals surface area contributed by atoms with E-state index in [1.165, 1.54) is 0 Å². The van der Waals surface area contributed by atoms with Crippen LogP contribution >= 0.6 is 0 Å². The molecule has 4 rings (SSSR count). The third-order valence-corrected chi connectivity index (χ3v) is 8.13. The second-order valence-electron chi connectivity index (χ2n) is 10.8. The number of nitrogens with zero attached hydrogens (tertiary/aromatic N) is 3. The minimum atomic E-state index is -1.26. The van der Waals surface area contributed by atoms with Gasteiger partial charge in [-0.25, -0.2) is 0 Å². The molecule has 8 heteroatoms. The number of carbonyl (C=O) groups is 3. The first-order chi connectivity index (χ1) is 16.1. The maximum absolute atomic E-state index is 14.2. The summed E-state index contributed by atoms with van der Waals surface area (Å²) < 4.78 is 6.75. The Hall–Kier alpha value is -2.19. The highest BCUT2D eigenvalue weighted by molar-refractivity contribution is 6.00. The van der Waals surface area contributed by atoms with Crippen molar-refractivity contribution < 1.29 is 24.2 Å². The van der Waals surface area contributed by atoms with Gasteiger partial charge in [-0.05, 0) is 19.3 Å². The Balaban J connectivity index is 1.85. The molecule has 1 unspecified atom stereocenters. The Morgan fingerprint density at radius 1 is 1.06 bits per heavy atom. The van der Waals surface area contributed by atoms with Crippen molar-refractivity contribution >= 4 is 17.7 Å². The third kappa shape index (κ3) is 3.61. The molecule has 0 aromatic rings. The van der Waals surface area contributed by atoms with Crippen molar-refractivity contribution in [2.24, 2.45) is 17.8 Å². The molecule has 4 heterocycles. The summed E-state index contributed by atoms with van der Waals surface area (Å²) in [6.07, 6.45) is 10.5. The molecule has 1 spiro atoms. The van der Waals surface area contributed by atoms with Crippen LogP contribution in [0.2, 0.25) is 0 Å². The lowest BCUT2D eigenvalue weighted by molar-refractivity contribution is -0.156. The van der Waals surface area contributed by atoms with Gasteiger partial charge in [-0.3, -0.25) is 14.4 Å². The number of amides is 3. The minimum Gasteiger partial charge on any atom is -0.394 e. The van der Waals surface area contributed by atoms with E-state index in [-0.39, 0.29) is 30.2 Å². The lowest BCUT2D eigenvalue weighted by Crippen LogP contribution is -2.59. The van der Waals surface area contributed by atoms with Gasteiger partial charge >= 0.3 is 0 Å². The lowest BCUT2D eigenvalue weighted by Gasteiger charge is -2.41. The largest absolute Gasteiger partial charge is 0.394 e. The Bertz CT molecular complexity index is 901. The van der Waals surface area contributed by atoms with Crippen molar-refractivity contribution in [2.45, 2.75) is 70.2 Å². The normalized spacial score (nSPS) is 36.0. The van der Waals surface area contributed by atoms with Crippen LogP contribution in [0.5, 0.6) is 0 Å². The number of aliphatic hydroxyl groups is 1. The van der Waals surface area contributed by atoms with Crippen molar-refractivity contribution in [3.63, 3.8) is 0 Å². The van der Waals surface area contributed by atoms with Crippen molar-refractivity contribution in [1.82, 2.24) is 14.7 Å². The Morgan fingerprint density at radius 3 is 2.41 bits per heavy atom. The van der Waals surface area contributed by atoms with Crippen LogP contribution in [0.4, 0.5) is 0 Å². The van der Waals surface area contributed by atoms with E-state index in [0.29, 0.717) is 19.6 Å². The van der Waals surface area contributed by atoms with Gasteiger partial charge in [-0.1, -0.05) is 57.9 Å². The van der Waals surface area contributed by atoms with Crippen molar-refractivity contribution in [2.75, 3.05) is 33.3 Å². The van der Waals surface area contributed by atoms with Gasteiger partial charge in [0.25, 0.3) is 0 Å². The van der Waals surface area contributed by atoms with E-state index in [0.717, 1.165) is 19.3 Å². The minimum absolute atomic E-state index is 0.0720. The molecule has 6 atom stereocenters. The van der Waals surface area contributed by atoms with E-state index in [2.05, 4.69) is 6.92 Å². The van der Waals surface area contributed by atoms with Crippen molar-refractivity contribution in [1.29, 1.82) is 0 Å². The van der Waals surface area contributed by atoms with Gasteiger partial charge in [0, 0.05) is 26.7 Å². The molecular weight excluding hydrogens is 434 g/mol. The number of fused-ring (bicyclic) bond motifs is 2. The van der Waals surface area contributed by atoms with E-state index in [4.69, 9.17) is 4.74 Å². The number of hydrogen-bond donors (Lipinski definition) is 1. The van der Waals surface area contributed by atoms with E-state index in [9.17, 15) is 19.5 Å². The highest BCUT2D eigenvalue weighted by Crippen LogP contribution is 2.58. The van der Waals surface area contributed by atoms with Crippen LogP contribution in [0.15, 0.2) is 24.3 Å². The topological polar surface area (TPSA) is 90.4 Å². The number of carbonyl (C=O) groups excluding carboxylic acids is 3. The summed E-state index contributed by atoms with van der Waals surface area (Å²) in [6.45, 7) is 9.06. The second-order valence-corrected chi connectivity index (χ2v) is 10.8. The fourth-order valence-corrected chi connectivity index (χ4v) is 6.36. The van der Waals surface area contributed by atoms with Gasteiger partial charge in [0.2, 0.25) is 17.7 Å². The van der Waals surface area contributed by atoms with Crippen molar-refractivity contribution in [3.8, 4) is 0 Å². The molecule has 34 heavy (non-hydrogen) atoms. The molecule has 1 N–H and O–H groups in total. The SMILES string of the molecule is CCCCCN1CC=C[C@]23O[C@]4(C)C=CCN(C)C(=O)[C@@H]4[C@H]2C(=O)N([C@@H](CO)C(C)C)C3C1=O. The zero-order valence-electron chi connectivity index (χ0n) is 21.1. The summed E-state index contributed by atoms with van der Waals surface area (Å²) in [5.74, 6) is -2.25. The number of likely N-dealkylation sites (tertiary alicyclic amines) is 1. The van der Waals surface area contributed by atoms with Crippen LogP contribution in [0, 0.1) is 17.8 Å². The first-order valence-electron chi connectivity index (χ1n) is 12.6. The van der Waals surface area contributed by atoms with Gasteiger partial charge in [0.1, 0.15) is 11.6 Å². The molecule has 4 aliphatic heterocycles. The van der Waals surface area contributed by atoms with Crippen LogP contribution in [-0.2, 0) is 19.1 Å². The summed E-state index contributed by atoms with van der Waals surface area (Å²) >= 11 is 0. The number of rotatable bonds is 7. The zero-order chi connectivity index (χ0) is 24.8. The predicted molar refractivity (Wildman–Crippen MR) is 128 cm³/mol. The summed E-state index contributed by atoms with van der Waals surface area (Å²) in [5, 5.41) is 10.3. The molecule has 8 nitrogen and oxygen atoms in total. The standard InChI is InChI=1S/C26H39N3O5/c1-6-7-8-14-28-15-10-12-26-20(19-22(31)27(5)13-9-11-25(19,4)34-26)23(32)29(21(26)24(28)33)18(16-30)17(2)3/h9-12,17-21,30H,6-8,13-16H2,1-5H3/t18-,19-,20-,21?,25+,26-/m0/s1. The van der Waals surface area contributed by atoms with Crippen LogP contribution in [0.25, 0.3) is 0 Å². The van der Waals surface area contributed by atoms with Gasteiger partial charge in [-0.2, -0.15) is 0 Å². The molecule has 188 valence electrons. The highest BCUT2D eigenvalue weighted by Gasteiger charge is 2.75. The quantitative estimate of drug-likeness (QED) is 0.448. The summed E-state index contributed by atoms with van der Waals surface area (Å²) in [5.41, 5.74) is -2.26. The van der Waals surface area contributed by atoms with Crippen molar-refractivity contribution in [3.05, 3.63) is 24.3 Å². The Morgan fingerprint density at radius 2 is 1.76 bits per heavy atom. The van der Waals surface area contributed by atoms with E-state index in [1.807, 2.05) is 45.1 Å². The van der Waals surface area contributed by atoms with Gasteiger partial charge in [-0.15, -0.1) is 0 Å². The van der Waals surface area contributed by atoms with E-state index < -0.39 is 35.1 Å². The fraction of sp³-hybridized carbons (Fsp3) is 0.731. The molecule has 0 aromatic carbocycles. The molecule has 0 saturated carbocycles. The molecule has 3 amide bonds. The second kappa shape index (κ2) is 9.11. The van der Waals surface area contributed by atoms with Gasteiger partial charge in [0.15, 0.2) is 0 Å². The zero-order valence-corrected chi connectivity index (χ0v) is 21.1. The molecule has 4 aliphatic rings. The average Bonchev–Trinajstić information content (AvgIpc) is 3.06. The maximum Gasteiger partial charge on any atom is 0.249 e. The Kier molecular flexibility index (Phi) is 6.68. The van der Waals surface area contributed by atoms with Crippen LogP contribution in [0.3, 0.4) is 0 Å². The van der Waals surface area contributed by atoms with Crippen LogP contribution < -0.4 is 0 Å². The molecule has 0 aliphatic carbocycles. The van der Waals surface area contributed by atoms with Crippen LogP contribution in [-0.4, -0.2) is 94.1 Å². The summed E-state index contributed by atoms with van der Waals surface area (Å²) in [6, 6.07) is -1.46. The Labute approximate surface area is 202 Å². The smallest absolute Gasteiger partial charge is 0.249 e. The fourth-order valence-electron chi connectivity index (χ4n) is 6.36. The third-order valence-electron chi connectivity index (χ3n) is 8.13. The molecule has 0 bridgehead atoms. The van der Waals surface area contributed by atoms with Gasteiger partial charge in [0.05, 0.1) is 30.1 Å². The summed E-state index contributed by atoms with van der Waals surface area (Å²) in [7, 11) is 1.73. The summed E-state index contributed by atoms with van der Waals surface area (Å²) in [4.78, 5) is 46.8. The monoisotopic (exact) mass is 473 g/mol. The number of unbranched alkanes of at least 4 members (excludes halogenated alkanes) is 2. The highest BCUT2D eigenvalue weighted by atomic mass is 16.5. The van der Waals surface area contributed by atoms with Gasteiger partial charge < -0.3 is 24.5 Å². The first kappa shape index (κ1) is 24.9. The molecule has 0 aromatic heterocycles.